The van der Waals surface area contributed by atoms with Gasteiger partial charge in [-0.15, -0.1) is 0 Å². The summed E-state index contributed by atoms with van der Waals surface area (Å²) in [5.41, 5.74) is 2.35. The van der Waals surface area contributed by atoms with Gasteiger partial charge in [0.2, 0.25) is 0 Å². The summed E-state index contributed by atoms with van der Waals surface area (Å²) in [4.78, 5) is 20.1. The van der Waals surface area contributed by atoms with E-state index in [2.05, 4.69) is 51.2 Å². The van der Waals surface area contributed by atoms with Crippen molar-refractivity contribution in [1.82, 2.24) is 4.98 Å². The van der Waals surface area contributed by atoms with Crippen LogP contribution in [-0.2, 0) is 11.2 Å². The molecule has 2 aliphatic rings. The largest absolute Gasteiger partial charge is 0.378 e. The molecule has 0 bridgehead atoms. The fourth-order valence-corrected chi connectivity index (χ4v) is 4.09. The maximum absolute atomic E-state index is 12.3. The molecule has 1 aromatic heterocycles. The van der Waals surface area contributed by atoms with E-state index in [-0.39, 0.29) is 5.56 Å². The molecule has 0 aliphatic carbocycles. The molecular weight excluding hydrogens is 326 g/mol. The van der Waals surface area contributed by atoms with Crippen molar-refractivity contribution in [1.29, 1.82) is 0 Å². The van der Waals surface area contributed by atoms with Crippen LogP contribution in [0.4, 0.5) is 11.5 Å². The molecule has 2 aliphatic heterocycles. The quantitative estimate of drug-likeness (QED) is 0.918. The topological polar surface area (TPSA) is 48.6 Å². The summed E-state index contributed by atoms with van der Waals surface area (Å²) < 4.78 is 5.44. The van der Waals surface area contributed by atoms with Gasteiger partial charge in [0, 0.05) is 43.5 Å². The normalized spacial score (nSPS) is 21.0. The van der Waals surface area contributed by atoms with E-state index in [1.807, 2.05) is 0 Å². The maximum atomic E-state index is 12.3. The lowest BCUT2D eigenvalue weighted by Gasteiger charge is -2.38. The molecule has 1 aromatic carbocycles. The summed E-state index contributed by atoms with van der Waals surface area (Å²) >= 11 is 0. The van der Waals surface area contributed by atoms with Crippen LogP contribution in [-0.4, -0.2) is 43.9 Å². The standard InChI is InChI=1S/C21H27N3O2/c25-21-16-19(23-10-12-26-13-11-23)15-20(22-21)24-9-5-4-8-18(24)14-17-6-2-1-3-7-17/h1-3,6-7,15-16,18H,4-5,8-14H2,(H,22,25)/t18-/m1/s1. The lowest BCUT2D eigenvalue weighted by atomic mass is 9.95. The molecule has 0 saturated carbocycles. The molecule has 138 valence electrons. The molecule has 0 spiro atoms. The maximum Gasteiger partial charge on any atom is 0.251 e. The third-order valence-corrected chi connectivity index (χ3v) is 5.44. The first-order chi connectivity index (χ1) is 12.8. The predicted molar refractivity (Wildman–Crippen MR) is 105 cm³/mol. The van der Waals surface area contributed by atoms with Crippen LogP contribution in [0, 0.1) is 0 Å². The van der Waals surface area contributed by atoms with Crippen molar-refractivity contribution < 1.29 is 4.74 Å². The Balaban J connectivity index is 1.59. The number of benzene rings is 1. The molecule has 5 nitrogen and oxygen atoms in total. The van der Waals surface area contributed by atoms with Crippen molar-refractivity contribution in [2.75, 3.05) is 42.6 Å². The minimum absolute atomic E-state index is 0.0203. The number of pyridine rings is 1. The Hall–Kier alpha value is -2.27. The fraction of sp³-hybridized carbons (Fsp3) is 0.476. The zero-order valence-electron chi connectivity index (χ0n) is 15.2. The average molecular weight is 353 g/mol. The highest BCUT2D eigenvalue weighted by molar-refractivity contribution is 5.56. The van der Waals surface area contributed by atoms with Gasteiger partial charge >= 0.3 is 0 Å². The van der Waals surface area contributed by atoms with Gasteiger partial charge in [-0.2, -0.15) is 0 Å². The van der Waals surface area contributed by atoms with Gasteiger partial charge in [0.05, 0.1) is 13.2 Å². The summed E-state index contributed by atoms with van der Waals surface area (Å²) in [5, 5.41) is 0. The second-order valence-electron chi connectivity index (χ2n) is 7.22. The number of hydrogen-bond donors (Lipinski definition) is 1. The van der Waals surface area contributed by atoms with E-state index in [1.165, 1.54) is 24.8 Å². The second kappa shape index (κ2) is 7.96. The van der Waals surface area contributed by atoms with E-state index in [1.54, 1.807) is 6.07 Å². The number of ether oxygens (including phenoxy) is 1. The number of hydrogen-bond acceptors (Lipinski definition) is 4. The van der Waals surface area contributed by atoms with E-state index < -0.39 is 0 Å². The molecule has 2 saturated heterocycles. The smallest absolute Gasteiger partial charge is 0.251 e. The molecule has 0 unspecified atom stereocenters. The third kappa shape index (κ3) is 3.93. The van der Waals surface area contributed by atoms with Crippen LogP contribution < -0.4 is 15.4 Å². The zero-order valence-corrected chi connectivity index (χ0v) is 15.2. The Kier molecular flexibility index (Phi) is 5.25. The van der Waals surface area contributed by atoms with Gasteiger partial charge in [-0.3, -0.25) is 4.79 Å². The second-order valence-corrected chi connectivity index (χ2v) is 7.22. The van der Waals surface area contributed by atoms with Crippen LogP contribution >= 0.6 is 0 Å². The minimum atomic E-state index is -0.0203. The molecule has 3 heterocycles. The van der Waals surface area contributed by atoms with E-state index in [9.17, 15) is 4.79 Å². The number of anilines is 2. The molecule has 0 amide bonds. The molecule has 26 heavy (non-hydrogen) atoms. The lowest BCUT2D eigenvalue weighted by Crippen LogP contribution is -2.42. The highest BCUT2D eigenvalue weighted by atomic mass is 16.5. The SMILES string of the molecule is O=c1cc(N2CCOCC2)cc(N2CCCC[C@@H]2Cc2ccccc2)[nH]1. The summed E-state index contributed by atoms with van der Waals surface area (Å²) in [6, 6.07) is 14.9. The van der Waals surface area contributed by atoms with Gasteiger partial charge in [0.25, 0.3) is 5.56 Å². The Bertz CT molecular complexity index is 768. The van der Waals surface area contributed by atoms with Crippen LogP contribution in [0.5, 0.6) is 0 Å². The van der Waals surface area contributed by atoms with Crippen molar-refractivity contribution in [3.05, 3.63) is 58.4 Å². The molecule has 4 rings (SSSR count). The zero-order chi connectivity index (χ0) is 17.8. The Morgan fingerprint density at radius 1 is 1.04 bits per heavy atom. The van der Waals surface area contributed by atoms with Crippen molar-refractivity contribution >= 4 is 11.5 Å². The van der Waals surface area contributed by atoms with E-state index in [0.29, 0.717) is 6.04 Å². The highest BCUT2D eigenvalue weighted by Gasteiger charge is 2.24. The summed E-state index contributed by atoms with van der Waals surface area (Å²) in [6.07, 6.45) is 4.61. The summed E-state index contributed by atoms with van der Waals surface area (Å²) in [7, 11) is 0. The number of aromatic nitrogens is 1. The first kappa shape index (κ1) is 17.2. The van der Waals surface area contributed by atoms with E-state index in [4.69, 9.17) is 4.74 Å². The molecule has 1 atom stereocenters. The Morgan fingerprint density at radius 3 is 2.65 bits per heavy atom. The van der Waals surface area contributed by atoms with Crippen LogP contribution in [0.15, 0.2) is 47.3 Å². The fourth-order valence-electron chi connectivity index (χ4n) is 4.09. The molecule has 2 aromatic rings. The summed E-state index contributed by atoms with van der Waals surface area (Å²) in [5.74, 6) is 0.958. The van der Waals surface area contributed by atoms with Crippen LogP contribution in [0.1, 0.15) is 24.8 Å². The molecule has 5 heteroatoms. The Labute approximate surface area is 154 Å². The van der Waals surface area contributed by atoms with Crippen molar-refractivity contribution in [3.63, 3.8) is 0 Å². The first-order valence-corrected chi connectivity index (χ1v) is 9.67. The number of nitrogens with zero attached hydrogens (tertiary/aromatic N) is 2. The lowest BCUT2D eigenvalue weighted by molar-refractivity contribution is 0.122. The van der Waals surface area contributed by atoms with E-state index >= 15 is 0 Å². The highest BCUT2D eigenvalue weighted by Crippen LogP contribution is 2.27. The number of rotatable bonds is 4. The summed E-state index contributed by atoms with van der Waals surface area (Å²) in [6.45, 7) is 4.14. The van der Waals surface area contributed by atoms with Crippen molar-refractivity contribution in [2.24, 2.45) is 0 Å². The Morgan fingerprint density at radius 2 is 1.85 bits per heavy atom. The first-order valence-electron chi connectivity index (χ1n) is 9.67. The van der Waals surface area contributed by atoms with Gasteiger partial charge in [0.1, 0.15) is 5.82 Å². The molecular formula is C21H27N3O2. The van der Waals surface area contributed by atoms with Crippen molar-refractivity contribution in [3.8, 4) is 0 Å². The minimum Gasteiger partial charge on any atom is -0.378 e. The number of aromatic amines is 1. The van der Waals surface area contributed by atoms with Gasteiger partial charge in [0.15, 0.2) is 0 Å². The number of H-pyrrole nitrogens is 1. The molecule has 2 fully saturated rings. The average Bonchev–Trinajstić information content (AvgIpc) is 2.69. The number of piperidine rings is 1. The van der Waals surface area contributed by atoms with Crippen LogP contribution in [0.2, 0.25) is 0 Å². The number of morpholine rings is 1. The van der Waals surface area contributed by atoms with Gasteiger partial charge < -0.3 is 19.5 Å². The number of nitrogens with one attached hydrogen (secondary N) is 1. The van der Waals surface area contributed by atoms with Crippen molar-refractivity contribution in [2.45, 2.75) is 31.7 Å². The monoisotopic (exact) mass is 353 g/mol. The molecule has 1 N–H and O–H groups in total. The van der Waals surface area contributed by atoms with E-state index in [0.717, 1.165) is 50.8 Å². The van der Waals surface area contributed by atoms with Crippen LogP contribution in [0.3, 0.4) is 0 Å². The van der Waals surface area contributed by atoms with Gasteiger partial charge in [-0.05, 0) is 31.2 Å². The molecule has 0 radical (unpaired) electrons. The predicted octanol–water partition coefficient (Wildman–Crippen LogP) is 2.81. The van der Waals surface area contributed by atoms with Crippen LogP contribution in [0.25, 0.3) is 0 Å². The van der Waals surface area contributed by atoms with Gasteiger partial charge in [-0.25, -0.2) is 0 Å². The van der Waals surface area contributed by atoms with Gasteiger partial charge in [-0.1, -0.05) is 30.3 Å². The third-order valence-electron chi connectivity index (χ3n) is 5.44.